The second kappa shape index (κ2) is 10.4. The molecule has 2 aromatic heterocycles. The highest BCUT2D eigenvalue weighted by molar-refractivity contribution is 7.93. The number of nitrogens with one attached hydrogen (secondary N) is 1. The molecule has 0 fully saturated rings. The molecular weight excluding hydrogens is 516 g/mol. The van der Waals surface area contributed by atoms with Crippen LogP contribution < -0.4 is 9.62 Å². The largest absolute Gasteiger partial charge is 0.468 e. The molecule has 39 heavy (non-hydrogen) atoms. The van der Waals surface area contributed by atoms with Crippen LogP contribution >= 0.6 is 0 Å². The second-order valence-electron chi connectivity index (χ2n) is 8.72. The quantitative estimate of drug-likeness (QED) is 0.293. The average molecular weight is 541 g/mol. The molecule has 0 aliphatic rings. The van der Waals surface area contributed by atoms with Crippen molar-refractivity contribution >= 4 is 49.3 Å². The zero-order valence-electron chi connectivity index (χ0n) is 21.2. The summed E-state index contributed by atoms with van der Waals surface area (Å²) in [6, 6.07) is 22.6. The molecule has 11 heteroatoms. The minimum Gasteiger partial charge on any atom is -0.468 e. The second-order valence-corrected chi connectivity index (χ2v) is 10.6. The minimum absolute atomic E-state index is 0.0158. The molecule has 0 aliphatic heterocycles. The molecule has 3 aromatic carbocycles. The monoisotopic (exact) mass is 540 g/mol. The van der Waals surface area contributed by atoms with E-state index in [0.717, 1.165) is 15.5 Å². The summed E-state index contributed by atoms with van der Waals surface area (Å²) in [6.07, 6.45) is 1.53. The van der Waals surface area contributed by atoms with Gasteiger partial charge >= 0.3 is 5.97 Å². The highest BCUT2D eigenvalue weighted by Gasteiger charge is 2.30. The van der Waals surface area contributed by atoms with Gasteiger partial charge in [0.25, 0.3) is 10.0 Å². The van der Waals surface area contributed by atoms with Gasteiger partial charge in [-0.25, -0.2) is 13.4 Å². The first kappa shape index (κ1) is 25.7. The van der Waals surface area contributed by atoms with Gasteiger partial charge in [-0.3, -0.25) is 14.1 Å². The Labute approximate surface area is 225 Å². The SMILES string of the molecule is COC(=O)CN(c1ccc2c(c1)nc(CNc1ccc(C#N)cc1)n2C)S(=O)(=O)c1cccc2cccnc12. The third-order valence-corrected chi connectivity index (χ3v) is 8.18. The number of benzene rings is 3. The molecule has 0 atom stereocenters. The van der Waals surface area contributed by atoms with Crippen LogP contribution in [-0.2, 0) is 33.1 Å². The molecule has 0 saturated heterocycles. The molecule has 5 aromatic rings. The van der Waals surface area contributed by atoms with E-state index in [1.54, 1.807) is 54.6 Å². The van der Waals surface area contributed by atoms with E-state index in [4.69, 9.17) is 15.0 Å². The van der Waals surface area contributed by atoms with E-state index in [1.165, 1.54) is 19.4 Å². The van der Waals surface area contributed by atoms with Crippen molar-refractivity contribution in [2.24, 2.45) is 7.05 Å². The van der Waals surface area contributed by atoms with Crippen molar-refractivity contribution in [1.29, 1.82) is 5.26 Å². The van der Waals surface area contributed by atoms with E-state index in [2.05, 4.69) is 16.4 Å². The Morgan fingerprint density at radius 1 is 1.10 bits per heavy atom. The van der Waals surface area contributed by atoms with E-state index >= 15 is 0 Å². The van der Waals surface area contributed by atoms with Crippen LogP contribution in [0.4, 0.5) is 11.4 Å². The topological polar surface area (TPSA) is 130 Å². The van der Waals surface area contributed by atoms with Crippen LogP contribution in [0.15, 0.2) is 83.9 Å². The number of anilines is 2. The predicted molar refractivity (Wildman–Crippen MR) is 147 cm³/mol. The lowest BCUT2D eigenvalue weighted by Gasteiger charge is -2.24. The van der Waals surface area contributed by atoms with Crippen LogP contribution in [0, 0.1) is 11.3 Å². The fourth-order valence-corrected chi connectivity index (χ4v) is 5.86. The molecule has 0 saturated carbocycles. The first-order valence-electron chi connectivity index (χ1n) is 11.9. The van der Waals surface area contributed by atoms with E-state index in [-0.39, 0.29) is 10.6 Å². The standard InChI is InChI=1S/C28H24N6O4S/c1-33-24-13-12-22(15-23(24)32-26(33)17-31-21-10-8-19(16-29)9-11-21)34(18-27(35)38-2)39(36,37)25-7-3-5-20-6-4-14-30-28(20)25/h3-15,31H,17-18H2,1-2H3. The number of pyridine rings is 1. The van der Waals surface area contributed by atoms with Crippen LogP contribution in [0.1, 0.15) is 11.4 Å². The number of hydrogen-bond donors (Lipinski definition) is 1. The number of aryl methyl sites for hydroxylation is 1. The fraction of sp³-hybridized carbons (Fsp3) is 0.143. The normalized spacial score (nSPS) is 11.3. The number of imidazole rings is 1. The van der Waals surface area contributed by atoms with Gasteiger partial charge in [0.2, 0.25) is 0 Å². The number of para-hydroxylation sites is 1. The molecule has 0 aliphatic carbocycles. The maximum atomic E-state index is 13.9. The Morgan fingerprint density at radius 2 is 1.87 bits per heavy atom. The summed E-state index contributed by atoms with van der Waals surface area (Å²) in [4.78, 5) is 21.3. The fourth-order valence-electron chi connectivity index (χ4n) is 4.29. The lowest BCUT2D eigenvalue weighted by Crippen LogP contribution is -2.36. The number of rotatable bonds is 8. The molecule has 0 unspecified atom stereocenters. The molecule has 5 rings (SSSR count). The number of sulfonamides is 1. The molecule has 0 radical (unpaired) electrons. The summed E-state index contributed by atoms with van der Waals surface area (Å²) >= 11 is 0. The number of esters is 1. The maximum Gasteiger partial charge on any atom is 0.326 e. The van der Waals surface area contributed by atoms with Gasteiger partial charge in [-0.05, 0) is 54.6 Å². The van der Waals surface area contributed by atoms with Crippen LogP contribution in [0.3, 0.4) is 0 Å². The molecule has 0 bridgehead atoms. The van der Waals surface area contributed by atoms with Gasteiger partial charge in [0.1, 0.15) is 17.3 Å². The number of nitrogens with zero attached hydrogens (tertiary/aromatic N) is 5. The number of ether oxygens (including phenoxy) is 1. The highest BCUT2D eigenvalue weighted by Crippen LogP contribution is 2.30. The average Bonchev–Trinajstić information content (AvgIpc) is 3.28. The smallest absolute Gasteiger partial charge is 0.326 e. The number of fused-ring (bicyclic) bond motifs is 2. The van der Waals surface area contributed by atoms with Crippen molar-refractivity contribution in [3.05, 3.63) is 90.4 Å². The van der Waals surface area contributed by atoms with Crippen molar-refractivity contribution in [2.75, 3.05) is 23.3 Å². The van der Waals surface area contributed by atoms with Gasteiger partial charge in [0.15, 0.2) is 0 Å². The number of hydrogen-bond acceptors (Lipinski definition) is 8. The Morgan fingerprint density at radius 3 is 2.62 bits per heavy atom. The maximum absolute atomic E-state index is 13.9. The van der Waals surface area contributed by atoms with E-state index < -0.39 is 22.5 Å². The molecule has 1 N–H and O–H groups in total. The Hall–Kier alpha value is -4.95. The summed E-state index contributed by atoms with van der Waals surface area (Å²) in [5.74, 6) is 0.00679. The zero-order chi connectivity index (χ0) is 27.6. The van der Waals surface area contributed by atoms with Crippen molar-refractivity contribution in [1.82, 2.24) is 14.5 Å². The van der Waals surface area contributed by atoms with Crippen LogP contribution in [0.2, 0.25) is 0 Å². The van der Waals surface area contributed by atoms with Crippen LogP contribution in [0.25, 0.3) is 21.9 Å². The molecule has 0 amide bonds. The number of aromatic nitrogens is 3. The van der Waals surface area contributed by atoms with Gasteiger partial charge in [-0.1, -0.05) is 18.2 Å². The lowest BCUT2D eigenvalue weighted by atomic mass is 10.2. The third-order valence-electron chi connectivity index (χ3n) is 6.37. The van der Waals surface area contributed by atoms with Crippen molar-refractivity contribution in [3.8, 4) is 6.07 Å². The van der Waals surface area contributed by atoms with E-state index in [1.807, 2.05) is 23.7 Å². The molecule has 10 nitrogen and oxygen atoms in total. The first-order valence-corrected chi connectivity index (χ1v) is 13.4. The predicted octanol–water partition coefficient (Wildman–Crippen LogP) is 3.97. The van der Waals surface area contributed by atoms with Gasteiger partial charge in [-0.15, -0.1) is 0 Å². The number of nitriles is 1. The number of carbonyl (C=O) groups is 1. The lowest BCUT2D eigenvalue weighted by molar-refractivity contribution is -0.138. The summed E-state index contributed by atoms with van der Waals surface area (Å²) in [6.45, 7) is -0.119. The first-order chi connectivity index (χ1) is 18.8. The zero-order valence-corrected chi connectivity index (χ0v) is 22.0. The van der Waals surface area contributed by atoms with Gasteiger partial charge < -0.3 is 14.6 Å². The summed E-state index contributed by atoms with van der Waals surface area (Å²) in [7, 11) is -1.13. The number of methoxy groups -OCH3 is 1. The summed E-state index contributed by atoms with van der Waals surface area (Å²) in [5, 5.41) is 12.9. The van der Waals surface area contributed by atoms with E-state index in [0.29, 0.717) is 34.4 Å². The van der Waals surface area contributed by atoms with Gasteiger partial charge in [0.05, 0.1) is 47.5 Å². The Kier molecular flexibility index (Phi) is 6.87. The summed E-state index contributed by atoms with van der Waals surface area (Å²) < 4.78 is 35.6. The molecule has 196 valence electrons. The summed E-state index contributed by atoms with van der Waals surface area (Å²) in [5.41, 5.74) is 3.34. The van der Waals surface area contributed by atoms with Crippen LogP contribution in [-0.4, -0.2) is 42.6 Å². The molecular formula is C28H24N6O4S. The van der Waals surface area contributed by atoms with Gasteiger partial charge in [-0.2, -0.15) is 5.26 Å². The molecule has 0 spiro atoms. The van der Waals surface area contributed by atoms with Crippen molar-refractivity contribution in [3.63, 3.8) is 0 Å². The minimum atomic E-state index is -4.21. The number of carbonyl (C=O) groups excluding carboxylic acids is 1. The van der Waals surface area contributed by atoms with Crippen molar-refractivity contribution < 1.29 is 17.9 Å². The van der Waals surface area contributed by atoms with Crippen molar-refractivity contribution in [2.45, 2.75) is 11.4 Å². The molecule has 2 heterocycles. The van der Waals surface area contributed by atoms with E-state index in [9.17, 15) is 13.2 Å². The Bertz CT molecular complexity index is 1840. The van der Waals surface area contributed by atoms with Crippen LogP contribution in [0.5, 0.6) is 0 Å². The Balaban J connectivity index is 1.52. The van der Waals surface area contributed by atoms with Gasteiger partial charge in [0, 0.05) is 24.3 Å². The highest BCUT2D eigenvalue weighted by atomic mass is 32.2. The third kappa shape index (κ3) is 4.97.